The molecule has 1 aliphatic heterocycles. The number of ketones is 1. The molecule has 1 fully saturated rings. The number of nitrogens with zero attached hydrogens (tertiary/aromatic N) is 3. The maximum atomic E-state index is 11.4. The van der Waals surface area contributed by atoms with E-state index in [-0.39, 0.29) is 0 Å². The lowest BCUT2D eigenvalue weighted by atomic mass is 9.97. The van der Waals surface area contributed by atoms with Crippen molar-refractivity contribution in [2.24, 2.45) is 0 Å². The highest BCUT2D eigenvalue weighted by Crippen LogP contribution is 2.22. The van der Waals surface area contributed by atoms with Crippen LogP contribution in [0.3, 0.4) is 0 Å². The molecule has 2 heterocycles. The Morgan fingerprint density at radius 2 is 2.32 bits per heavy atom. The minimum absolute atomic E-state index is 0.305. The Morgan fingerprint density at radius 1 is 1.47 bits per heavy atom. The zero-order valence-electron chi connectivity index (χ0n) is 12.1. The van der Waals surface area contributed by atoms with Gasteiger partial charge in [-0.15, -0.1) is 0 Å². The Hall–Kier alpha value is -1.16. The van der Waals surface area contributed by atoms with Crippen molar-refractivity contribution in [2.75, 3.05) is 6.54 Å². The lowest BCUT2D eigenvalue weighted by Gasteiger charge is -2.35. The predicted octanol–water partition coefficient (Wildman–Crippen LogP) is 2.63. The van der Waals surface area contributed by atoms with E-state index < -0.39 is 0 Å². The molecule has 19 heavy (non-hydrogen) atoms. The van der Waals surface area contributed by atoms with Gasteiger partial charge in [-0.2, -0.15) is 0 Å². The number of hydrogen-bond donors (Lipinski definition) is 0. The molecule has 4 heteroatoms. The van der Waals surface area contributed by atoms with Crippen LogP contribution in [-0.2, 0) is 17.9 Å². The van der Waals surface area contributed by atoms with E-state index in [4.69, 9.17) is 0 Å². The molecule has 1 aromatic rings. The summed E-state index contributed by atoms with van der Waals surface area (Å²) in [6, 6.07) is 0.427. The second kappa shape index (κ2) is 6.85. The Kier molecular flexibility index (Phi) is 5.14. The standard InChI is InChI=1S/C15H25N3O/c1-3-7-18-12-16-10-15(18)11-17-8-5-4-6-14(17)9-13(2)19/h10,12,14H,3-9,11H2,1-2H3. The summed E-state index contributed by atoms with van der Waals surface area (Å²) in [6.45, 7) is 6.95. The molecule has 1 saturated heterocycles. The molecule has 0 radical (unpaired) electrons. The number of carbonyl (C=O) groups is 1. The van der Waals surface area contributed by atoms with Gasteiger partial charge in [-0.1, -0.05) is 13.3 Å². The van der Waals surface area contributed by atoms with E-state index in [9.17, 15) is 4.79 Å². The number of carbonyl (C=O) groups excluding carboxylic acids is 1. The Balaban J connectivity index is 2.02. The van der Waals surface area contributed by atoms with Gasteiger partial charge in [0.15, 0.2) is 0 Å². The first-order valence-corrected chi connectivity index (χ1v) is 7.43. The molecule has 1 aromatic heterocycles. The molecule has 1 unspecified atom stereocenters. The number of imidazole rings is 1. The quantitative estimate of drug-likeness (QED) is 0.792. The second-order valence-electron chi connectivity index (χ2n) is 5.60. The first-order valence-electron chi connectivity index (χ1n) is 7.43. The summed E-state index contributed by atoms with van der Waals surface area (Å²) in [6.07, 6.45) is 9.36. The molecule has 0 saturated carbocycles. The third kappa shape index (κ3) is 3.90. The van der Waals surface area contributed by atoms with Crippen molar-refractivity contribution in [3.63, 3.8) is 0 Å². The average Bonchev–Trinajstić information content (AvgIpc) is 2.79. The Bertz CT molecular complexity index is 413. The van der Waals surface area contributed by atoms with Crippen molar-refractivity contribution in [2.45, 2.75) is 65.1 Å². The number of hydrogen-bond acceptors (Lipinski definition) is 3. The summed E-state index contributed by atoms with van der Waals surface area (Å²) in [4.78, 5) is 18.1. The van der Waals surface area contributed by atoms with E-state index in [0.29, 0.717) is 18.2 Å². The van der Waals surface area contributed by atoms with Gasteiger partial charge >= 0.3 is 0 Å². The van der Waals surface area contributed by atoms with Gasteiger partial charge in [0.2, 0.25) is 0 Å². The Morgan fingerprint density at radius 3 is 3.05 bits per heavy atom. The molecule has 4 nitrogen and oxygen atoms in total. The fraction of sp³-hybridized carbons (Fsp3) is 0.733. The van der Waals surface area contributed by atoms with Crippen LogP contribution in [0.2, 0.25) is 0 Å². The summed E-state index contributed by atoms with van der Waals surface area (Å²) >= 11 is 0. The van der Waals surface area contributed by atoms with Crippen LogP contribution in [0, 0.1) is 0 Å². The minimum Gasteiger partial charge on any atom is -0.333 e. The monoisotopic (exact) mass is 263 g/mol. The van der Waals surface area contributed by atoms with Gasteiger partial charge in [0.25, 0.3) is 0 Å². The van der Waals surface area contributed by atoms with Gasteiger partial charge in [-0.25, -0.2) is 4.98 Å². The molecule has 0 N–H and O–H groups in total. The van der Waals surface area contributed by atoms with E-state index in [0.717, 1.165) is 32.5 Å². The van der Waals surface area contributed by atoms with Crippen LogP contribution in [0.25, 0.3) is 0 Å². The molecule has 0 aromatic carbocycles. The first-order chi connectivity index (χ1) is 9.20. The molecule has 1 aliphatic rings. The molecule has 0 amide bonds. The topological polar surface area (TPSA) is 38.1 Å². The van der Waals surface area contributed by atoms with Crippen LogP contribution < -0.4 is 0 Å². The SMILES string of the molecule is CCCn1cncc1CN1CCCCC1CC(C)=O. The first kappa shape index (κ1) is 14.3. The Labute approximate surface area is 115 Å². The zero-order valence-corrected chi connectivity index (χ0v) is 12.1. The van der Waals surface area contributed by atoms with Gasteiger partial charge in [0.1, 0.15) is 5.78 Å². The zero-order chi connectivity index (χ0) is 13.7. The van der Waals surface area contributed by atoms with Crippen molar-refractivity contribution < 1.29 is 4.79 Å². The minimum atomic E-state index is 0.305. The lowest BCUT2D eigenvalue weighted by molar-refractivity contribution is -0.118. The van der Waals surface area contributed by atoms with Gasteiger partial charge in [-0.3, -0.25) is 9.69 Å². The maximum absolute atomic E-state index is 11.4. The maximum Gasteiger partial charge on any atom is 0.131 e. The number of aryl methyl sites for hydroxylation is 1. The molecule has 0 spiro atoms. The second-order valence-corrected chi connectivity index (χ2v) is 5.60. The van der Waals surface area contributed by atoms with Crippen molar-refractivity contribution in [1.82, 2.24) is 14.5 Å². The summed E-state index contributed by atoms with van der Waals surface area (Å²) in [5.74, 6) is 0.305. The van der Waals surface area contributed by atoms with Crippen LogP contribution in [0.1, 0.15) is 51.6 Å². The van der Waals surface area contributed by atoms with E-state index >= 15 is 0 Å². The van der Waals surface area contributed by atoms with E-state index in [2.05, 4.69) is 21.4 Å². The van der Waals surface area contributed by atoms with E-state index in [1.54, 1.807) is 6.92 Å². The smallest absolute Gasteiger partial charge is 0.131 e. The molecule has 106 valence electrons. The molecular formula is C15H25N3O. The third-order valence-electron chi connectivity index (χ3n) is 3.90. The summed E-state index contributed by atoms with van der Waals surface area (Å²) in [5, 5.41) is 0. The fourth-order valence-electron chi connectivity index (χ4n) is 2.96. The van der Waals surface area contributed by atoms with Crippen molar-refractivity contribution in [3.8, 4) is 0 Å². The van der Waals surface area contributed by atoms with Crippen LogP contribution in [-0.4, -0.2) is 32.8 Å². The fourth-order valence-corrected chi connectivity index (χ4v) is 2.96. The number of rotatable bonds is 6. The van der Waals surface area contributed by atoms with Crippen LogP contribution in [0.4, 0.5) is 0 Å². The molecular weight excluding hydrogens is 238 g/mol. The van der Waals surface area contributed by atoms with Crippen LogP contribution in [0.5, 0.6) is 0 Å². The number of likely N-dealkylation sites (tertiary alicyclic amines) is 1. The van der Waals surface area contributed by atoms with Gasteiger partial charge in [-0.05, 0) is 32.7 Å². The van der Waals surface area contributed by atoms with Crippen molar-refractivity contribution in [3.05, 3.63) is 18.2 Å². The number of aromatic nitrogens is 2. The highest BCUT2D eigenvalue weighted by molar-refractivity contribution is 5.76. The lowest BCUT2D eigenvalue weighted by Crippen LogP contribution is -2.40. The van der Waals surface area contributed by atoms with Gasteiger partial charge < -0.3 is 4.57 Å². The highest BCUT2D eigenvalue weighted by Gasteiger charge is 2.24. The van der Waals surface area contributed by atoms with Crippen LogP contribution in [0.15, 0.2) is 12.5 Å². The van der Waals surface area contributed by atoms with Crippen LogP contribution >= 0.6 is 0 Å². The van der Waals surface area contributed by atoms with Crippen molar-refractivity contribution in [1.29, 1.82) is 0 Å². The number of Topliss-reactive ketones (excluding diaryl/α,β-unsaturated/α-hetero) is 1. The molecule has 1 atom stereocenters. The normalized spacial score (nSPS) is 20.6. The molecule has 0 aliphatic carbocycles. The number of piperidine rings is 1. The summed E-state index contributed by atoms with van der Waals surface area (Å²) < 4.78 is 2.24. The molecule has 0 bridgehead atoms. The molecule has 2 rings (SSSR count). The summed E-state index contributed by atoms with van der Waals surface area (Å²) in [5.41, 5.74) is 1.28. The van der Waals surface area contributed by atoms with Crippen molar-refractivity contribution >= 4 is 5.78 Å². The highest BCUT2D eigenvalue weighted by atomic mass is 16.1. The largest absolute Gasteiger partial charge is 0.333 e. The average molecular weight is 263 g/mol. The van der Waals surface area contributed by atoms with Gasteiger partial charge in [0.05, 0.1) is 12.0 Å². The van der Waals surface area contributed by atoms with Gasteiger partial charge in [0, 0.05) is 31.7 Å². The van der Waals surface area contributed by atoms with E-state index in [1.807, 2.05) is 12.5 Å². The predicted molar refractivity (Wildman–Crippen MR) is 75.9 cm³/mol. The third-order valence-corrected chi connectivity index (χ3v) is 3.90. The summed E-state index contributed by atoms with van der Waals surface area (Å²) in [7, 11) is 0. The van der Waals surface area contributed by atoms with E-state index in [1.165, 1.54) is 18.5 Å².